The number of H-pyrrole nitrogens is 1. The van der Waals surface area contributed by atoms with E-state index in [1.54, 1.807) is 6.20 Å². The van der Waals surface area contributed by atoms with Gasteiger partial charge in [0.2, 0.25) is 0 Å². The lowest BCUT2D eigenvalue weighted by Crippen LogP contribution is -1.99. The van der Waals surface area contributed by atoms with Crippen LogP contribution in [-0.2, 0) is 6.42 Å². The Kier molecular flexibility index (Phi) is 4.00. The number of para-hydroxylation sites is 1. The van der Waals surface area contributed by atoms with E-state index in [2.05, 4.69) is 101 Å². The Morgan fingerprint density at radius 3 is 2.38 bits per heavy atom. The zero-order valence-corrected chi connectivity index (χ0v) is 19.1. The minimum absolute atomic E-state index is 0.850. The first-order valence-electron chi connectivity index (χ1n) is 11.6. The monoisotopic (exact) mass is 438 g/mol. The second kappa shape index (κ2) is 7.09. The molecule has 0 saturated carbocycles. The van der Waals surface area contributed by atoms with Crippen molar-refractivity contribution in [3.8, 4) is 33.5 Å². The second-order valence-corrected chi connectivity index (χ2v) is 9.09. The summed E-state index contributed by atoms with van der Waals surface area (Å²) in [6.07, 6.45) is 2.67. The van der Waals surface area contributed by atoms with E-state index in [9.17, 15) is 0 Å². The summed E-state index contributed by atoms with van der Waals surface area (Å²) in [6.45, 7) is 4.44. The van der Waals surface area contributed by atoms with Crippen molar-refractivity contribution in [2.75, 3.05) is 0 Å². The number of hydrogen-bond acceptors (Lipinski definition) is 3. The third-order valence-corrected chi connectivity index (χ3v) is 7.40. The number of fused-ring (bicyclic) bond motifs is 6. The van der Waals surface area contributed by atoms with E-state index in [4.69, 9.17) is 0 Å². The fraction of sp³-hybridized carbons (Fsp3) is 0.100. The van der Waals surface area contributed by atoms with Crippen LogP contribution in [0.25, 0.3) is 55.3 Å². The maximum Gasteiger partial charge on any atom is 0.0973 e. The van der Waals surface area contributed by atoms with Crippen molar-refractivity contribution < 1.29 is 0 Å². The Morgan fingerprint density at radius 1 is 0.735 bits per heavy atom. The van der Waals surface area contributed by atoms with Gasteiger partial charge in [0.1, 0.15) is 0 Å². The van der Waals surface area contributed by atoms with E-state index in [0.717, 1.165) is 28.7 Å². The Labute approximate surface area is 197 Å². The molecule has 0 aliphatic heterocycles. The van der Waals surface area contributed by atoms with Crippen LogP contribution in [0, 0.1) is 13.8 Å². The van der Waals surface area contributed by atoms with Crippen LogP contribution in [0.5, 0.6) is 0 Å². The predicted molar refractivity (Wildman–Crippen MR) is 138 cm³/mol. The molecule has 162 valence electrons. The molecule has 0 spiro atoms. The average Bonchev–Trinajstić information content (AvgIpc) is 3.44. The van der Waals surface area contributed by atoms with Gasteiger partial charge in [0.25, 0.3) is 0 Å². The number of aromatic amines is 1. The molecule has 4 aromatic carbocycles. The molecule has 6 aromatic rings. The topological polar surface area (TPSA) is 54.5 Å². The molecule has 0 unspecified atom stereocenters. The Balaban J connectivity index is 1.62. The number of nitrogens with one attached hydrogen (secondary N) is 1. The van der Waals surface area contributed by atoms with Crippen LogP contribution in [0.3, 0.4) is 0 Å². The molecule has 0 amide bonds. The first-order chi connectivity index (χ1) is 16.7. The largest absolute Gasteiger partial charge is 0.354 e. The van der Waals surface area contributed by atoms with Crippen LogP contribution in [0.15, 0.2) is 79.0 Å². The third kappa shape index (κ3) is 2.57. The van der Waals surface area contributed by atoms with Crippen LogP contribution in [0.1, 0.15) is 22.3 Å². The van der Waals surface area contributed by atoms with Crippen molar-refractivity contribution in [2.45, 2.75) is 20.3 Å². The van der Waals surface area contributed by atoms with E-state index >= 15 is 0 Å². The lowest BCUT2D eigenvalue weighted by Gasteiger charge is -2.18. The fourth-order valence-electron chi connectivity index (χ4n) is 5.76. The Morgan fingerprint density at radius 2 is 1.50 bits per heavy atom. The summed E-state index contributed by atoms with van der Waals surface area (Å²) < 4.78 is 0. The maximum atomic E-state index is 4.40. The number of nitrogens with zero attached hydrogens (tertiary/aromatic N) is 3. The molecular formula is C30H22N4. The average molecular weight is 439 g/mol. The van der Waals surface area contributed by atoms with Gasteiger partial charge in [-0.05, 0) is 76.6 Å². The normalized spacial score (nSPS) is 12.3. The van der Waals surface area contributed by atoms with Gasteiger partial charge in [0.05, 0.1) is 17.4 Å². The van der Waals surface area contributed by atoms with Gasteiger partial charge in [0.15, 0.2) is 0 Å². The molecule has 0 radical (unpaired) electrons. The highest BCUT2D eigenvalue weighted by Crippen LogP contribution is 2.47. The van der Waals surface area contributed by atoms with Crippen LogP contribution in [-0.4, -0.2) is 20.4 Å². The number of benzene rings is 4. The first-order valence-corrected chi connectivity index (χ1v) is 11.6. The van der Waals surface area contributed by atoms with Gasteiger partial charge in [0, 0.05) is 27.4 Å². The highest BCUT2D eigenvalue weighted by atomic mass is 15.3. The number of rotatable bonds is 2. The molecule has 34 heavy (non-hydrogen) atoms. The molecule has 4 nitrogen and oxygen atoms in total. The van der Waals surface area contributed by atoms with Crippen LogP contribution >= 0.6 is 0 Å². The van der Waals surface area contributed by atoms with Crippen LogP contribution in [0.2, 0.25) is 0 Å². The zero-order valence-electron chi connectivity index (χ0n) is 19.1. The zero-order chi connectivity index (χ0) is 22.8. The van der Waals surface area contributed by atoms with E-state index in [-0.39, 0.29) is 0 Å². The first kappa shape index (κ1) is 19.2. The molecular weight excluding hydrogens is 416 g/mol. The van der Waals surface area contributed by atoms with E-state index < -0.39 is 0 Å². The SMILES string of the molecule is Cc1c(C)c(-c2ccnnn2)c2c([nH]c3ccccc32)c1-c1cccc2c1Cc1ccccc1-2. The summed E-state index contributed by atoms with van der Waals surface area (Å²) in [5, 5.41) is 14.6. The molecule has 4 heteroatoms. The van der Waals surface area contributed by atoms with Crippen LogP contribution < -0.4 is 0 Å². The van der Waals surface area contributed by atoms with Crippen LogP contribution in [0.4, 0.5) is 0 Å². The molecule has 0 atom stereocenters. The van der Waals surface area contributed by atoms with Gasteiger partial charge in [-0.15, -0.1) is 10.2 Å². The summed E-state index contributed by atoms with van der Waals surface area (Å²) in [5.41, 5.74) is 14.8. The van der Waals surface area contributed by atoms with Crippen molar-refractivity contribution in [1.29, 1.82) is 0 Å². The molecule has 2 heterocycles. The Hall–Kier alpha value is -4.31. The molecule has 2 aromatic heterocycles. The molecule has 0 saturated heterocycles. The molecule has 1 aliphatic carbocycles. The van der Waals surface area contributed by atoms with Crippen molar-refractivity contribution in [1.82, 2.24) is 20.4 Å². The molecule has 1 aliphatic rings. The standard InChI is InChI=1S/C30H22N4/c1-17-18(2)28(26-14-15-31-34-33-26)29-23-10-5-6-13-25(23)32-30(29)27(17)22-12-7-11-21-20-9-4-3-8-19(20)16-24(21)22/h3-15,32H,16H2,1-2H3. The quantitative estimate of drug-likeness (QED) is 0.315. The lowest BCUT2D eigenvalue weighted by molar-refractivity contribution is 0.870. The van der Waals surface area contributed by atoms with E-state index in [1.807, 2.05) is 6.07 Å². The van der Waals surface area contributed by atoms with Crippen molar-refractivity contribution in [3.63, 3.8) is 0 Å². The number of aromatic nitrogens is 4. The highest BCUT2D eigenvalue weighted by Gasteiger charge is 2.26. The highest BCUT2D eigenvalue weighted by molar-refractivity contribution is 6.19. The van der Waals surface area contributed by atoms with Crippen molar-refractivity contribution in [3.05, 3.63) is 101 Å². The van der Waals surface area contributed by atoms with E-state index in [1.165, 1.54) is 55.3 Å². The summed E-state index contributed by atoms with van der Waals surface area (Å²) in [6, 6.07) is 26.0. The molecule has 0 fully saturated rings. The van der Waals surface area contributed by atoms with Crippen molar-refractivity contribution >= 4 is 21.8 Å². The molecule has 1 N–H and O–H groups in total. The predicted octanol–water partition coefficient (Wildman–Crippen LogP) is 7.03. The summed E-state index contributed by atoms with van der Waals surface area (Å²) in [7, 11) is 0. The lowest BCUT2D eigenvalue weighted by atomic mass is 9.85. The minimum atomic E-state index is 0.850. The maximum absolute atomic E-state index is 4.40. The minimum Gasteiger partial charge on any atom is -0.354 e. The summed E-state index contributed by atoms with van der Waals surface area (Å²) in [5.74, 6) is 0. The Bertz CT molecular complexity index is 1750. The second-order valence-electron chi connectivity index (χ2n) is 9.09. The smallest absolute Gasteiger partial charge is 0.0973 e. The molecule has 7 rings (SSSR count). The molecule has 0 bridgehead atoms. The van der Waals surface area contributed by atoms with Gasteiger partial charge < -0.3 is 4.98 Å². The summed E-state index contributed by atoms with van der Waals surface area (Å²) >= 11 is 0. The third-order valence-electron chi connectivity index (χ3n) is 7.40. The van der Waals surface area contributed by atoms with E-state index in [0.29, 0.717) is 0 Å². The van der Waals surface area contributed by atoms with Gasteiger partial charge in [-0.3, -0.25) is 0 Å². The van der Waals surface area contributed by atoms with Gasteiger partial charge in [-0.1, -0.05) is 60.7 Å². The van der Waals surface area contributed by atoms with Gasteiger partial charge in [-0.25, -0.2) is 0 Å². The fourth-order valence-corrected chi connectivity index (χ4v) is 5.76. The summed E-state index contributed by atoms with van der Waals surface area (Å²) in [4.78, 5) is 3.77. The number of hydrogen-bond donors (Lipinski definition) is 1. The van der Waals surface area contributed by atoms with Gasteiger partial charge in [-0.2, -0.15) is 0 Å². The van der Waals surface area contributed by atoms with Crippen molar-refractivity contribution in [2.24, 2.45) is 0 Å². The van der Waals surface area contributed by atoms with Gasteiger partial charge >= 0.3 is 0 Å².